The van der Waals surface area contributed by atoms with Crippen molar-refractivity contribution in [2.24, 2.45) is 0 Å². The van der Waals surface area contributed by atoms with Crippen molar-refractivity contribution in [1.29, 1.82) is 0 Å². The quantitative estimate of drug-likeness (QED) is 0.773. The van der Waals surface area contributed by atoms with Gasteiger partial charge < -0.3 is 10.1 Å². The van der Waals surface area contributed by atoms with Crippen LogP contribution in [0.5, 0.6) is 0 Å². The smallest absolute Gasteiger partial charge is 0.407 e. The number of carbonyl (C=O) groups is 1. The Bertz CT molecular complexity index is 189. The molecule has 0 spiro atoms. The molecule has 0 aliphatic carbocycles. The highest BCUT2D eigenvalue weighted by molar-refractivity contribution is 5.67. The van der Waals surface area contributed by atoms with Crippen LogP contribution in [0.2, 0.25) is 0 Å². The fourth-order valence-corrected chi connectivity index (χ4v) is 1.73. The van der Waals surface area contributed by atoms with Crippen LogP contribution in [-0.2, 0) is 4.74 Å². The molecule has 1 fully saturated rings. The summed E-state index contributed by atoms with van der Waals surface area (Å²) in [6, 6.07) is 0.146. The molecular formula is C11H22N2O2. The van der Waals surface area contributed by atoms with E-state index in [2.05, 4.69) is 10.2 Å². The first kappa shape index (κ1) is 12.3. The second-order valence-corrected chi connectivity index (χ2v) is 4.34. The molecule has 1 amide bonds. The number of piperidine rings is 1. The van der Waals surface area contributed by atoms with Gasteiger partial charge in [0.25, 0.3) is 0 Å². The molecule has 0 bridgehead atoms. The van der Waals surface area contributed by atoms with Crippen LogP contribution in [0.4, 0.5) is 4.79 Å². The fraction of sp³-hybridized carbons (Fsp3) is 0.909. The fourth-order valence-electron chi connectivity index (χ4n) is 1.73. The summed E-state index contributed by atoms with van der Waals surface area (Å²) in [4.78, 5) is 13.5. The lowest BCUT2D eigenvalue weighted by Gasteiger charge is -2.25. The maximum absolute atomic E-state index is 11.1. The lowest BCUT2D eigenvalue weighted by atomic mass is 10.1. The molecule has 1 heterocycles. The Morgan fingerprint density at radius 1 is 1.33 bits per heavy atom. The van der Waals surface area contributed by atoms with E-state index in [1.807, 2.05) is 13.8 Å². The van der Waals surface area contributed by atoms with Crippen LogP contribution in [-0.4, -0.2) is 43.3 Å². The largest absolute Gasteiger partial charge is 0.448 e. The molecule has 1 aliphatic rings. The number of hydrogen-bond donors (Lipinski definition) is 1. The molecule has 0 saturated carbocycles. The molecule has 0 aromatic rings. The summed E-state index contributed by atoms with van der Waals surface area (Å²) in [6.45, 7) is 7.51. The van der Waals surface area contributed by atoms with Gasteiger partial charge in [0.15, 0.2) is 0 Å². The Kier molecular flexibility index (Phi) is 5.47. The van der Waals surface area contributed by atoms with Crippen molar-refractivity contribution in [3.05, 3.63) is 0 Å². The predicted molar refractivity (Wildman–Crippen MR) is 59.9 cm³/mol. The van der Waals surface area contributed by atoms with E-state index >= 15 is 0 Å². The van der Waals surface area contributed by atoms with Crippen molar-refractivity contribution >= 4 is 6.09 Å². The molecular weight excluding hydrogens is 192 g/mol. The highest BCUT2D eigenvalue weighted by Gasteiger charge is 2.10. The third-order valence-electron chi connectivity index (χ3n) is 2.50. The maximum atomic E-state index is 11.1. The van der Waals surface area contributed by atoms with E-state index in [4.69, 9.17) is 4.74 Å². The molecule has 88 valence electrons. The summed E-state index contributed by atoms with van der Waals surface area (Å²) in [7, 11) is 0. The van der Waals surface area contributed by atoms with E-state index in [0.29, 0.717) is 6.61 Å². The zero-order valence-electron chi connectivity index (χ0n) is 9.79. The summed E-state index contributed by atoms with van der Waals surface area (Å²) in [5.41, 5.74) is 0. The Balaban J connectivity index is 2.02. The lowest BCUT2D eigenvalue weighted by Crippen LogP contribution is -2.36. The van der Waals surface area contributed by atoms with Gasteiger partial charge in [-0.1, -0.05) is 6.42 Å². The second kappa shape index (κ2) is 6.67. The normalized spacial score (nSPS) is 17.8. The number of nitrogens with one attached hydrogen (secondary N) is 1. The van der Waals surface area contributed by atoms with Gasteiger partial charge in [-0.15, -0.1) is 0 Å². The van der Waals surface area contributed by atoms with Crippen molar-refractivity contribution in [3.8, 4) is 0 Å². The van der Waals surface area contributed by atoms with Crippen LogP contribution in [0.1, 0.15) is 33.1 Å². The number of hydrogen-bond acceptors (Lipinski definition) is 3. The van der Waals surface area contributed by atoms with Crippen LogP contribution in [0, 0.1) is 0 Å². The first-order valence-corrected chi connectivity index (χ1v) is 5.84. The van der Waals surface area contributed by atoms with E-state index in [0.717, 1.165) is 19.6 Å². The Hall–Kier alpha value is -0.770. The van der Waals surface area contributed by atoms with Gasteiger partial charge in [-0.2, -0.15) is 0 Å². The Labute approximate surface area is 92.0 Å². The number of likely N-dealkylation sites (tertiary alicyclic amines) is 1. The molecule has 1 N–H and O–H groups in total. The Morgan fingerprint density at radius 3 is 2.60 bits per heavy atom. The van der Waals surface area contributed by atoms with Crippen LogP contribution < -0.4 is 5.32 Å². The van der Waals surface area contributed by atoms with Crippen LogP contribution in [0.3, 0.4) is 0 Å². The summed E-state index contributed by atoms with van der Waals surface area (Å²) in [5.74, 6) is 0. The minimum atomic E-state index is -0.304. The maximum Gasteiger partial charge on any atom is 0.407 e. The zero-order chi connectivity index (χ0) is 11.1. The van der Waals surface area contributed by atoms with Crippen LogP contribution >= 0.6 is 0 Å². The Morgan fingerprint density at radius 2 is 2.00 bits per heavy atom. The van der Waals surface area contributed by atoms with Crippen molar-refractivity contribution in [3.63, 3.8) is 0 Å². The molecule has 0 aromatic carbocycles. The number of rotatable bonds is 4. The van der Waals surface area contributed by atoms with E-state index in [1.54, 1.807) is 0 Å². The van der Waals surface area contributed by atoms with Gasteiger partial charge in [0.1, 0.15) is 6.61 Å². The number of nitrogens with zero attached hydrogens (tertiary/aromatic N) is 1. The standard InChI is InChI=1S/C11H22N2O2/c1-10(2)12-11(14)15-9-8-13-6-4-3-5-7-13/h10H,3-9H2,1-2H3,(H,12,14). The van der Waals surface area contributed by atoms with E-state index in [1.165, 1.54) is 19.3 Å². The molecule has 15 heavy (non-hydrogen) atoms. The van der Waals surface area contributed by atoms with Gasteiger partial charge in [0, 0.05) is 12.6 Å². The molecule has 0 atom stereocenters. The molecule has 0 aromatic heterocycles. The molecule has 1 rings (SSSR count). The molecule has 1 saturated heterocycles. The average molecular weight is 214 g/mol. The summed E-state index contributed by atoms with van der Waals surface area (Å²) < 4.78 is 5.06. The van der Waals surface area contributed by atoms with E-state index in [9.17, 15) is 4.79 Å². The molecule has 4 nitrogen and oxygen atoms in total. The zero-order valence-corrected chi connectivity index (χ0v) is 9.79. The number of ether oxygens (including phenoxy) is 1. The second-order valence-electron chi connectivity index (χ2n) is 4.34. The third-order valence-corrected chi connectivity index (χ3v) is 2.50. The van der Waals surface area contributed by atoms with Crippen molar-refractivity contribution < 1.29 is 9.53 Å². The van der Waals surface area contributed by atoms with Gasteiger partial charge in [0.05, 0.1) is 0 Å². The topological polar surface area (TPSA) is 41.6 Å². The SMILES string of the molecule is CC(C)NC(=O)OCCN1CCCCC1. The molecule has 0 unspecified atom stereocenters. The minimum absolute atomic E-state index is 0.146. The van der Waals surface area contributed by atoms with Crippen molar-refractivity contribution in [2.45, 2.75) is 39.2 Å². The van der Waals surface area contributed by atoms with Gasteiger partial charge in [-0.05, 0) is 39.8 Å². The highest BCUT2D eigenvalue weighted by atomic mass is 16.5. The molecule has 1 aliphatic heterocycles. The minimum Gasteiger partial charge on any atom is -0.448 e. The highest BCUT2D eigenvalue weighted by Crippen LogP contribution is 2.07. The number of amides is 1. The summed E-state index contributed by atoms with van der Waals surface area (Å²) in [5, 5.41) is 2.70. The monoisotopic (exact) mass is 214 g/mol. The average Bonchev–Trinajstić information content (AvgIpc) is 2.18. The van der Waals surface area contributed by atoms with E-state index < -0.39 is 0 Å². The molecule has 0 radical (unpaired) electrons. The van der Waals surface area contributed by atoms with Crippen LogP contribution in [0.25, 0.3) is 0 Å². The summed E-state index contributed by atoms with van der Waals surface area (Å²) in [6.07, 6.45) is 3.59. The first-order chi connectivity index (χ1) is 7.18. The number of alkyl carbamates (subject to hydrolysis) is 1. The predicted octanol–water partition coefficient (Wildman–Crippen LogP) is 1.61. The van der Waals surface area contributed by atoms with Gasteiger partial charge in [0.2, 0.25) is 0 Å². The van der Waals surface area contributed by atoms with Crippen LogP contribution in [0.15, 0.2) is 0 Å². The lowest BCUT2D eigenvalue weighted by molar-refractivity contribution is 0.119. The number of carbonyl (C=O) groups excluding carboxylic acids is 1. The van der Waals surface area contributed by atoms with Gasteiger partial charge in [-0.25, -0.2) is 4.79 Å². The first-order valence-electron chi connectivity index (χ1n) is 5.84. The molecule has 4 heteroatoms. The van der Waals surface area contributed by atoms with E-state index in [-0.39, 0.29) is 12.1 Å². The summed E-state index contributed by atoms with van der Waals surface area (Å²) >= 11 is 0. The van der Waals surface area contributed by atoms with Crippen molar-refractivity contribution in [1.82, 2.24) is 10.2 Å². The van der Waals surface area contributed by atoms with Crippen molar-refractivity contribution in [2.75, 3.05) is 26.2 Å². The van der Waals surface area contributed by atoms with Gasteiger partial charge in [-0.3, -0.25) is 4.90 Å². The third kappa shape index (κ3) is 5.62. The van der Waals surface area contributed by atoms with Gasteiger partial charge >= 0.3 is 6.09 Å².